The number of aliphatic hydroxyl groups is 11. The summed E-state index contributed by atoms with van der Waals surface area (Å²) < 4.78 is 26.3. The molecule has 11 N–H and O–H groups in total. The molecule has 0 radical (unpaired) electrons. The molecule has 0 aromatic carbocycles. The zero-order valence-electron chi connectivity index (χ0n) is 18.6. The van der Waals surface area contributed by atoms with Crippen LogP contribution in [0.15, 0.2) is 0 Å². The summed E-state index contributed by atoms with van der Waals surface area (Å²) in [6, 6.07) is 0. The van der Waals surface area contributed by atoms with E-state index in [1.165, 1.54) is 0 Å². The first-order valence-corrected chi connectivity index (χ1v) is 11.0. The summed E-state index contributed by atoms with van der Waals surface area (Å²) in [4.78, 5) is 0. The third kappa shape index (κ3) is 5.63. The van der Waals surface area contributed by atoms with Gasteiger partial charge in [0.05, 0.1) is 13.2 Å². The van der Waals surface area contributed by atoms with E-state index in [0.29, 0.717) is 0 Å². The average Bonchev–Trinajstić information content (AvgIpc) is 2.84. The van der Waals surface area contributed by atoms with E-state index >= 15 is 0 Å². The van der Waals surface area contributed by atoms with E-state index in [1.807, 2.05) is 0 Å². The Kier molecular flexibility index (Phi) is 9.77. The predicted octanol–water partition coefficient (Wildman–Crippen LogP) is -7.53. The molecule has 0 unspecified atom stereocenters. The Labute approximate surface area is 199 Å². The molecule has 2 aliphatic heterocycles. The third-order valence-corrected chi connectivity index (χ3v) is 6.55. The fraction of sp³-hybridized carbons (Fsp3) is 1.00. The zero-order valence-corrected chi connectivity index (χ0v) is 18.6. The second-order valence-corrected chi connectivity index (χ2v) is 8.81. The second kappa shape index (κ2) is 11.8. The average molecular weight is 518 g/mol. The van der Waals surface area contributed by atoms with Crippen LogP contribution < -0.4 is 0 Å². The Hall–Kier alpha value is -0.640. The number of methoxy groups -OCH3 is 1. The van der Waals surface area contributed by atoms with Crippen molar-refractivity contribution in [3.63, 3.8) is 0 Å². The molecule has 2 saturated heterocycles. The zero-order chi connectivity index (χ0) is 26.2. The molecule has 16 atom stereocenters. The van der Waals surface area contributed by atoms with Gasteiger partial charge in [0.15, 0.2) is 12.6 Å². The molecule has 1 aliphatic carbocycles. The summed E-state index contributed by atoms with van der Waals surface area (Å²) in [6.07, 6.45) is -26.7. The van der Waals surface area contributed by atoms with Crippen LogP contribution in [0.2, 0.25) is 0 Å². The van der Waals surface area contributed by atoms with Crippen LogP contribution in [0.5, 0.6) is 0 Å². The summed E-state index contributed by atoms with van der Waals surface area (Å²) in [7, 11) is 1.14. The first kappa shape index (κ1) is 28.9. The number of hydrogen-bond donors (Lipinski definition) is 11. The van der Waals surface area contributed by atoms with E-state index in [2.05, 4.69) is 0 Å². The highest BCUT2D eigenvalue weighted by atomic mass is 16.7. The first-order chi connectivity index (χ1) is 16.4. The molecule has 3 fully saturated rings. The Balaban J connectivity index is 1.68. The number of aliphatic hydroxyl groups excluding tert-OH is 11. The quantitative estimate of drug-likeness (QED) is 0.149. The van der Waals surface area contributed by atoms with E-state index in [0.717, 1.165) is 7.11 Å². The van der Waals surface area contributed by atoms with Gasteiger partial charge in [0.2, 0.25) is 0 Å². The maximum Gasteiger partial charge on any atom is 0.187 e. The molecule has 0 spiro atoms. The molecule has 2 heterocycles. The SMILES string of the molecule is CO[C@@H]1[C@H](O)[C@@H](O[C@H]2O[C@H](CO[C@H]3O[C@H](CO)[C@H](O)[C@H](O)[C@H]3O)[C@H](O)[C@H](O)[C@H]2O)[C@@H](O)[C@H](O)[C@H]1O. The van der Waals surface area contributed by atoms with E-state index in [1.54, 1.807) is 0 Å². The lowest BCUT2D eigenvalue weighted by molar-refractivity contribution is -0.351. The summed E-state index contributed by atoms with van der Waals surface area (Å²) in [5.41, 5.74) is 0. The summed E-state index contributed by atoms with van der Waals surface area (Å²) in [6.45, 7) is -1.32. The molecule has 3 rings (SSSR count). The van der Waals surface area contributed by atoms with Crippen LogP contribution in [0.4, 0.5) is 0 Å². The molecule has 3 aliphatic rings. The molecule has 16 nitrogen and oxygen atoms in total. The van der Waals surface area contributed by atoms with Crippen molar-refractivity contribution in [1.29, 1.82) is 0 Å². The maximum atomic E-state index is 10.4. The van der Waals surface area contributed by atoms with Crippen molar-refractivity contribution in [2.24, 2.45) is 0 Å². The molecular formula is C19H34O16. The fourth-order valence-corrected chi connectivity index (χ4v) is 4.34. The highest BCUT2D eigenvalue weighted by Gasteiger charge is 2.53. The van der Waals surface area contributed by atoms with Crippen molar-refractivity contribution >= 4 is 0 Å². The molecule has 0 amide bonds. The molecule has 0 aromatic rings. The van der Waals surface area contributed by atoms with Gasteiger partial charge in [0, 0.05) is 7.11 Å². The smallest absolute Gasteiger partial charge is 0.187 e. The van der Waals surface area contributed by atoms with Crippen molar-refractivity contribution in [2.45, 2.75) is 98.0 Å². The van der Waals surface area contributed by atoms with Crippen molar-refractivity contribution < 1.29 is 79.9 Å². The van der Waals surface area contributed by atoms with Crippen molar-refractivity contribution in [2.75, 3.05) is 20.3 Å². The third-order valence-electron chi connectivity index (χ3n) is 6.55. The van der Waals surface area contributed by atoms with Gasteiger partial charge in [-0.25, -0.2) is 0 Å². The van der Waals surface area contributed by atoms with Crippen LogP contribution in [0.1, 0.15) is 0 Å². The van der Waals surface area contributed by atoms with Crippen molar-refractivity contribution in [1.82, 2.24) is 0 Å². The Morgan fingerprint density at radius 2 is 1.03 bits per heavy atom. The minimum atomic E-state index is -1.89. The normalized spacial score (nSPS) is 53.5. The van der Waals surface area contributed by atoms with Crippen LogP contribution in [0.3, 0.4) is 0 Å². The van der Waals surface area contributed by atoms with E-state index in [4.69, 9.17) is 23.7 Å². The van der Waals surface area contributed by atoms with E-state index in [9.17, 15) is 56.2 Å². The topological polar surface area (TPSA) is 269 Å². The van der Waals surface area contributed by atoms with Crippen LogP contribution in [0, 0.1) is 0 Å². The van der Waals surface area contributed by atoms with Crippen LogP contribution >= 0.6 is 0 Å². The van der Waals surface area contributed by atoms with Crippen LogP contribution in [-0.4, -0.2) is 175 Å². The van der Waals surface area contributed by atoms with Crippen molar-refractivity contribution in [3.05, 3.63) is 0 Å². The molecule has 35 heavy (non-hydrogen) atoms. The lowest BCUT2D eigenvalue weighted by atomic mass is 9.84. The van der Waals surface area contributed by atoms with Gasteiger partial charge < -0.3 is 79.9 Å². The van der Waals surface area contributed by atoms with Crippen LogP contribution in [-0.2, 0) is 23.7 Å². The van der Waals surface area contributed by atoms with Gasteiger partial charge >= 0.3 is 0 Å². The maximum absolute atomic E-state index is 10.4. The Morgan fingerprint density at radius 3 is 1.60 bits per heavy atom. The summed E-state index contributed by atoms with van der Waals surface area (Å²) >= 11 is 0. The second-order valence-electron chi connectivity index (χ2n) is 8.81. The monoisotopic (exact) mass is 518 g/mol. The lowest BCUT2D eigenvalue weighted by Gasteiger charge is -2.47. The molecular weight excluding hydrogens is 484 g/mol. The fourth-order valence-electron chi connectivity index (χ4n) is 4.34. The minimum Gasteiger partial charge on any atom is -0.394 e. The minimum absolute atomic E-state index is 0.620. The lowest BCUT2D eigenvalue weighted by Crippen LogP contribution is -2.67. The Bertz CT molecular complexity index is 669. The molecule has 0 aromatic heterocycles. The van der Waals surface area contributed by atoms with Gasteiger partial charge in [-0.3, -0.25) is 0 Å². The van der Waals surface area contributed by atoms with Crippen LogP contribution in [0.25, 0.3) is 0 Å². The molecule has 206 valence electrons. The summed E-state index contributed by atoms with van der Waals surface area (Å²) in [5, 5.41) is 110. The van der Waals surface area contributed by atoms with E-state index in [-0.39, 0.29) is 0 Å². The first-order valence-electron chi connectivity index (χ1n) is 11.0. The highest BCUT2D eigenvalue weighted by molar-refractivity contribution is 5.01. The highest BCUT2D eigenvalue weighted by Crippen LogP contribution is 2.31. The van der Waals surface area contributed by atoms with E-state index < -0.39 is 111 Å². The number of rotatable bonds is 7. The van der Waals surface area contributed by atoms with Gasteiger partial charge in [-0.05, 0) is 0 Å². The molecule has 1 saturated carbocycles. The van der Waals surface area contributed by atoms with Gasteiger partial charge in [-0.15, -0.1) is 0 Å². The number of hydrogen-bond acceptors (Lipinski definition) is 16. The Morgan fingerprint density at radius 1 is 0.543 bits per heavy atom. The number of ether oxygens (including phenoxy) is 5. The molecule has 16 heteroatoms. The van der Waals surface area contributed by atoms with Crippen molar-refractivity contribution in [3.8, 4) is 0 Å². The molecule has 0 bridgehead atoms. The summed E-state index contributed by atoms with van der Waals surface area (Å²) in [5.74, 6) is 0. The largest absolute Gasteiger partial charge is 0.394 e. The van der Waals surface area contributed by atoms with Gasteiger partial charge in [0.1, 0.15) is 85.5 Å². The predicted molar refractivity (Wildman–Crippen MR) is 106 cm³/mol. The standard InChI is InChI=1S/C19H34O16/c1-31-16-11(26)10(25)12(27)17(15(16)30)35-19-14(29)9(24)7(22)5(34-19)3-32-18-13(28)8(23)6(21)4(2-20)33-18/h4-30H,2-3H2,1H3/t4-,5-,6+,7+,8+,9+,10-,11-,12+,13-,14-,15+,16+,17+,18+,19-/m1/s1. The van der Waals surface area contributed by atoms with Gasteiger partial charge in [-0.2, -0.15) is 0 Å². The van der Waals surface area contributed by atoms with Gasteiger partial charge in [-0.1, -0.05) is 0 Å². The van der Waals surface area contributed by atoms with Gasteiger partial charge in [0.25, 0.3) is 0 Å².